The fraction of sp³-hybridized carbons (Fsp3) is 0.556. The lowest BCUT2D eigenvalue weighted by Crippen LogP contribution is -2.35. The summed E-state index contributed by atoms with van der Waals surface area (Å²) in [6, 6.07) is 1.03. The van der Waals surface area contributed by atoms with Crippen LogP contribution in [-0.4, -0.2) is 33.2 Å². The van der Waals surface area contributed by atoms with Crippen LogP contribution >= 0.6 is 0 Å². The van der Waals surface area contributed by atoms with E-state index in [-0.39, 0.29) is 6.42 Å². The second kappa shape index (κ2) is 4.84. The van der Waals surface area contributed by atoms with E-state index in [1.807, 2.05) is 4.98 Å². The Morgan fingerprint density at radius 2 is 2.47 bits per heavy atom. The molecular weight excluding hydrogens is 261 g/mol. The third-order valence-corrected chi connectivity index (χ3v) is 2.76. The Balaban J connectivity index is 2.39. The molecule has 1 fully saturated rings. The normalized spacial score (nSPS) is 30.0. The van der Waals surface area contributed by atoms with E-state index in [2.05, 4.69) is 10.0 Å². The number of aliphatic hydroxyl groups is 1. The largest absolute Gasteiger partial charge is 0.393 e. The Kier molecular flexibility index (Phi) is 3.38. The van der Waals surface area contributed by atoms with Crippen LogP contribution in [0.25, 0.3) is 10.4 Å². The van der Waals surface area contributed by atoms with Crippen molar-refractivity contribution in [2.24, 2.45) is 5.11 Å². The molecule has 9 nitrogen and oxygen atoms in total. The lowest BCUT2D eigenvalue weighted by atomic mass is 10.1. The summed E-state index contributed by atoms with van der Waals surface area (Å²) < 4.78 is 19.9. The third kappa shape index (κ3) is 2.36. The van der Waals surface area contributed by atoms with Gasteiger partial charge in [-0.2, -0.15) is 0 Å². The molecule has 0 spiro atoms. The summed E-state index contributed by atoms with van der Waals surface area (Å²) in [5.74, 6) is 0. The van der Waals surface area contributed by atoms with Gasteiger partial charge in [0.15, 0.2) is 12.0 Å². The van der Waals surface area contributed by atoms with Crippen LogP contribution in [0, 0.1) is 0 Å². The molecule has 19 heavy (non-hydrogen) atoms. The van der Waals surface area contributed by atoms with Crippen LogP contribution in [-0.2, 0) is 4.74 Å². The zero-order valence-electron chi connectivity index (χ0n) is 9.56. The van der Waals surface area contributed by atoms with Crippen LogP contribution in [0.4, 0.5) is 4.39 Å². The maximum absolute atomic E-state index is 13.9. The predicted octanol–water partition coefficient (Wildman–Crippen LogP) is -0.207. The predicted molar refractivity (Wildman–Crippen MR) is 59.9 cm³/mol. The maximum atomic E-state index is 13.9. The van der Waals surface area contributed by atoms with Gasteiger partial charge in [-0.3, -0.25) is 14.3 Å². The average molecular weight is 271 g/mol. The number of aliphatic hydroxyl groups excluding tert-OH is 1. The summed E-state index contributed by atoms with van der Waals surface area (Å²) in [6.07, 6.45) is -2.35. The molecule has 1 aliphatic heterocycles. The molecule has 0 amide bonds. The summed E-state index contributed by atoms with van der Waals surface area (Å²) >= 11 is 0. The molecule has 10 heteroatoms. The minimum atomic E-state index is -1.74. The average Bonchev–Trinajstić information content (AvgIpc) is 2.68. The number of rotatable bonds is 3. The van der Waals surface area contributed by atoms with Crippen molar-refractivity contribution < 1.29 is 14.2 Å². The molecule has 0 radical (unpaired) electrons. The molecule has 1 saturated heterocycles. The molecule has 1 aromatic rings. The highest BCUT2D eigenvalue weighted by atomic mass is 19.1. The molecule has 0 unspecified atom stereocenters. The van der Waals surface area contributed by atoms with Crippen LogP contribution in [0.5, 0.6) is 0 Å². The number of aromatic amines is 1. The minimum Gasteiger partial charge on any atom is -0.393 e. The standard InChI is InChI=1S/C9H10FN5O4/c10-5-3-9(4-16,13-14-11)19-7(5)15-2-1-6(17)12-8(15)18/h1-2,5,7,16H,3-4H2,(H,12,17,18)/t5-,7-,9+/m1/s1. The smallest absolute Gasteiger partial charge is 0.330 e. The maximum Gasteiger partial charge on any atom is 0.330 e. The van der Waals surface area contributed by atoms with Crippen molar-refractivity contribution in [3.63, 3.8) is 0 Å². The Bertz CT molecular complexity index is 636. The highest BCUT2D eigenvalue weighted by Crippen LogP contribution is 2.38. The van der Waals surface area contributed by atoms with E-state index in [0.717, 1.165) is 16.8 Å². The van der Waals surface area contributed by atoms with Crippen LogP contribution in [0.3, 0.4) is 0 Å². The van der Waals surface area contributed by atoms with Crippen molar-refractivity contribution in [1.82, 2.24) is 9.55 Å². The molecule has 2 N–H and O–H groups in total. The number of alkyl halides is 1. The molecule has 0 aromatic carbocycles. The molecule has 1 aromatic heterocycles. The van der Waals surface area contributed by atoms with Gasteiger partial charge in [-0.1, -0.05) is 5.11 Å². The number of nitrogens with zero attached hydrogens (tertiary/aromatic N) is 4. The second-order valence-electron chi connectivity index (χ2n) is 4.04. The lowest BCUT2D eigenvalue weighted by molar-refractivity contribution is -0.102. The SMILES string of the molecule is [N-]=[N+]=N[C@@]1(CO)C[C@@H](F)[C@H](n2ccc(=O)[nH]c2=O)O1. The van der Waals surface area contributed by atoms with Crippen molar-refractivity contribution in [2.75, 3.05) is 6.61 Å². The van der Waals surface area contributed by atoms with Crippen LogP contribution in [0.2, 0.25) is 0 Å². The number of azide groups is 1. The van der Waals surface area contributed by atoms with E-state index in [4.69, 9.17) is 15.4 Å². The van der Waals surface area contributed by atoms with E-state index in [9.17, 15) is 14.0 Å². The van der Waals surface area contributed by atoms with Crippen molar-refractivity contribution in [1.29, 1.82) is 0 Å². The highest BCUT2D eigenvalue weighted by molar-refractivity contribution is 4.94. The van der Waals surface area contributed by atoms with Gasteiger partial charge in [-0.15, -0.1) is 0 Å². The van der Waals surface area contributed by atoms with E-state index in [1.165, 1.54) is 0 Å². The van der Waals surface area contributed by atoms with Crippen molar-refractivity contribution in [3.8, 4) is 0 Å². The minimum absolute atomic E-state index is 0.385. The molecule has 3 atom stereocenters. The van der Waals surface area contributed by atoms with Gasteiger partial charge in [0.25, 0.3) is 5.56 Å². The monoisotopic (exact) mass is 271 g/mol. The molecule has 2 heterocycles. The van der Waals surface area contributed by atoms with Crippen molar-refractivity contribution in [3.05, 3.63) is 43.5 Å². The Morgan fingerprint density at radius 3 is 3.05 bits per heavy atom. The van der Waals surface area contributed by atoms with Crippen molar-refractivity contribution >= 4 is 0 Å². The topological polar surface area (TPSA) is 133 Å². The van der Waals surface area contributed by atoms with Gasteiger partial charge >= 0.3 is 5.69 Å². The molecule has 1 aliphatic rings. The first-order valence-electron chi connectivity index (χ1n) is 5.32. The third-order valence-electron chi connectivity index (χ3n) is 2.76. The number of ether oxygens (including phenoxy) is 1. The summed E-state index contributed by atoms with van der Waals surface area (Å²) in [5.41, 5.74) is 5.17. The first-order valence-corrected chi connectivity index (χ1v) is 5.32. The van der Waals surface area contributed by atoms with Gasteiger partial charge in [-0.25, -0.2) is 9.18 Å². The van der Waals surface area contributed by atoms with Gasteiger partial charge in [0.2, 0.25) is 0 Å². The molecule has 102 valence electrons. The molecule has 2 rings (SSSR count). The molecular formula is C9H10FN5O4. The Morgan fingerprint density at radius 1 is 1.74 bits per heavy atom. The summed E-state index contributed by atoms with van der Waals surface area (Å²) in [4.78, 5) is 26.9. The van der Waals surface area contributed by atoms with Crippen molar-refractivity contribution in [2.45, 2.75) is 24.5 Å². The Hall–Kier alpha value is -2.16. The van der Waals surface area contributed by atoms with Gasteiger partial charge in [0.1, 0.15) is 6.17 Å². The fourth-order valence-corrected chi connectivity index (χ4v) is 1.89. The van der Waals surface area contributed by atoms with Gasteiger partial charge in [-0.05, 0) is 5.53 Å². The first-order chi connectivity index (χ1) is 9.01. The fourth-order valence-electron chi connectivity index (χ4n) is 1.89. The summed E-state index contributed by atoms with van der Waals surface area (Å²) in [7, 11) is 0. The van der Waals surface area contributed by atoms with E-state index in [1.54, 1.807) is 0 Å². The quantitative estimate of drug-likeness (QED) is 0.447. The number of hydrogen-bond donors (Lipinski definition) is 2. The number of aromatic nitrogens is 2. The van der Waals surface area contributed by atoms with E-state index in [0.29, 0.717) is 0 Å². The summed E-state index contributed by atoms with van der Waals surface area (Å²) in [5, 5.41) is 12.4. The van der Waals surface area contributed by atoms with Crippen LogP contribution < -0.4 is 11.2 Å². The van der Waals surface area contributed by atoms with Gasteiger partial charge < -0.3 is 9.84 Å². The highest BCUT2D eigenvalue weighted by Gasteiger charge is 2.47. The molecule has 0 aliphatic carbocycles. The molecule has 0 bridgehead atoms. The second-order valence-corrected chi connectivity index (χ2v) is 4.04. The van der Waals surface area contributed by atoms with E-state index < -0.39 is 36.0 Å². The van der Waals surface area contributed by atoms with Crippen LogP contribution in [0.15, 0.2) is 27.0 Å². The lowest BCUT2D eigenvalue weighted by Gasteiger charge is -2.21. The van der Waals surface area contributed by atoms with Gasteiger partial charge in [0, 0.05) is 23.6 Å². The first kappa shape index (κ1) is 13.3. The molecule has 0 saturated carbocycles. The number of halogens is 1. The Labute approximate surface area is 104 Å². The van der Waals surface area contributed by atoms with E-state index >= 15 is 0 Å². The zero-order valence-corrected chi connectivity index (χ0v) is 9.56. The van der Waals surface area contributed by atoms with Crippen LogP contribution in [0.1, 0.15) is 12.6 Å². The number of hydrogen-bond acceptors (Lipinski definition) is 5. The number of nitrogens with one attached hydrogen (secondary N) is 1. The zero-order chi connectivity index (χ0) is 14.0. The summed E-state index contributed by atoms with van der Waals surface area (Å²) in [6.45, 7) is -0.716. The number of H-pyrrole nitrogens is 1. The van der Waals surface area contributed by atoms with Gasteiger partial charge in [0.05, 0.1) is 6.61 Å².